The van der Waals surface area contributed by atoms with E-state index in [9.17, 15) is 9.90 Å². The summed E-state index contributed by atoms with van der Waals surface area (Å²) in [6.07, 6.45) is 1.02. The van der Waals surface area contributed by atoms with Gasteiger partial charge in [-0.05, 0) is 42.0 Å². The maximum Gasteiger partial charge on any atom is 0.338 e. The van der Waals surface area contributed by atoms with Gasteiger partial charge >= 0.3 is 5.97 Å². The first kappa shape index (κ1) is 27.1. The van der Waals surface area contributed by atoms with E-state index in [0.29, 0.717) is 53.1 Å². The Bertz CT molecular complexity index is 1150. The Morgan fingerprint density at radius 2 is 1.67 bits per heavy atom. The van der Waals surface area contributed by atoms with E-state index in [4.69, 9.17) is 30.5 Å². The standard InChI is InChI=1S/C28H30ClNO6/c1-33-26-9-5-6-10-27(26)35-16-15-30-18-21(31)19-36-22-13-11-20(12-14-22)17-24(28(32)34-2)23-7-3-4-8-25(23)29/h3-14,17,21,30-31H,15-16,18-19H2,1-2H3. The number of para-hydroxylation sites is 2. The van der Waals surface area contributed by atoms with Crippen LogP contribution in [0.15, 0.2) is 72.8 Å². The highest BCUT2D eigenvalue weighted by molar-refractivity contribution is 6.35. The van der Waals surface area contributed by atoms with Crippen LogP contribution in [0, 0.1) is 0 Å². The summed E-state index contributed by atoms with van der Waals surface area (Å²) in [5.74, 6) is 1.47. The van der Waals surface area contributed by atoms with Crippen LogP contribution in [0.5, 0.6) is 17.2 Å². The fourth-order valence-corrected chi connectivity index (χ4v) is 3.59. The highest BCUT2D eigenvalue weighted by atomic mass is 35.5. The second kappa shape index (κ2) is 14.1. The Morgan fingerprint density at radius 3 is 2.36 bits per heavy atom. The molecule has 0 aromatic heterocycles. The number of esters is 1. The van der Waals surface area contributed by atoms with E-state index in [-0.39, 0.29) is 6.61 Å². The van der Waals surface area contributed by atoms with Crippen LogP contribution in [0.2, 0.25) is 5.02 Å². The Hall–Kier alpha value is -3.52. The molecule has 0 bridgehead atoms. The molecule has 0 aliphatic heterocycles. The summed E-state index contributed by atoms with van der Waals surface area (Å²) in [6, 6.07) is 21.7. The van der Waals surface area contributed by atoms with Crippen LogP contribution in [0.1, 0.15) is 11.1 Å². The minimum atomic E-state index is -0.693. The summed E-state index contributed by atoms with van der Waals surface area (Å²) in [6.45, 7) is 1.48. The number of carbonyl (C=O) groups excluding carboxylic acids is 1. The molecule has 2 N–H and O–H groups in total. The van der Waals surface area contributed by atoms with E-state index in [1.807, 2.05) is 42.5 Å². The number of hydrogen-bond donors (Lipinski definition) is 2. The van der Waals surface area contributed by atoms with Gasteiger partial charge in [-0.3, -0.25) is 0 Å². The van der Waals surface area contributed by atoms with Gasteiger partial charge in [-0.15, -0.1) is 0 Å². The number of carbonyl (C=O) groups is 1. The lowest BCUT2D eigenvalue weighted by atomic mass is 10.0. The van der Waals surface area contributed by atoms with Crippen molar-refractivity contribution >= 4 is 29.2 Å². The van der Waals surface area contributed by atoms with Crippen LogP contribution >= 0.6 is 11.6 Å². The summed E-state index contributed by atoms with van der Waals surface area (Å²) in [4.78, 5) is 12.3. The Labute approximate surface area is 216 Å². The third kappa shape index (κ3) is 8.02. The number of aliphatic hydroxyl groups excluding tert-OH is 1. The molecule has 3 rings (SSSR count). The zero-order valence-corrected chi connectivity index (χ0v) is 21.0. The molecule has 0 saturated carbocycles. The van der Waals surface area contributed by atoms with Crippen LogP contribution in [-0.2, 0) is 9.53 Å². The molecule has 0 amide bonds. The lowest BCUT2D eigenvalue weighted by Crippen LogP contribution is -2.33. The van der Waals surface area contributed by atoms with Crippen molar-refractivity contribution in [2.75, 3.05) is 40.5 Å². The first-order valence-corrected chi connectivity index (χ1v) is 11.8. The van der Waals surface area contributed by atoms with Gasteiger partial charge in [-0.2, -0.15) is 0 Å². The fourth-order valence-electron chi connectivity index (χ4n) is 3.35. The lowest BCUT2D eigenvalue weighted by molar-refractivity contribution is -0.133. The maximum atomic E-state index is 12.3. The van der Waals surface area contributed by atoms with Crippen molar-refractivity contribution in [2.24, 2.45) is 0 Å². The molecule has 0 aliphatic carbocycles. The average molecular weight is 512 g/mol. The monoisotopic (exact) mass is 511 g/mol. The number of halogens is 1. The molecule has 0 aliphatic rings. The predicted molar refractivity (Wildman–Crippen MR) is 141 cm³/mol. The molecule has 7 nitrogen and oxygen atoms in total. The van der Waals surface area contributed by atoms with E-state index in [2.05, 4.69) is 5.32 Å². The van der Waals surface area contributed by atoms with Crippen molar-refractivity contribution < 1.29 is 28.8 Å². The molecule has 0 heterocycles. The van der Waals surface area contributed by atoms with Crippen LogP contribution in [0.3, 0.4) is 0 Å². The second-order valence-corrected chi connectivity index (χ2v) is 8.17. The van der Waals surface area contributed by atoms with Crippen LogP contribution in [-0.4, -0.2) is 57.7 Å². The van der Waals surface area contributed by atoms with Crippen LogP contribution in [0.4, 0.5) is 0 Å². The largest absolute Gasteiger partial charge is 0.493 e. The van der Waals surface area contributed by atoms with E-state index in [1.165, 1.54) is 7.11 Å². The molecule has 3 aromatic rings. The molecular formula is C28H30ClNO6. The number of aliphatic hydroxyl groups is 1. The summed E-state index contributed by atoms with van der Waals surface area (Å²) < 4.78 is 21.6. The zero-order chi connectivity index (χ0) is 25.8. The van der Waals surface area contributed by atoms with Gasteiger partial charge in [0, 0.05) is 23.7 Å². The summed E-state index contributed by atoms with van der Waals surface area (Å²) in [5, 5.41) is 13.8. The van der Waals surface area contributed by atoms with Gasteiger partial charge in [0.1, 0.15) is 25.1 Å². The molecule has 0 spiro atoms. The smallest absolute Gasteiger partial charge is 0.338 e. The van der Waals surface area contributed by atoms with Gasteiger partial charge in [-0.25, -0.2) is 4.79 Å². The van der Waals surface area contributed by atoms with Crippen molar-refractivity contribution in [3.8, 4) is 17.2 Å². The number of methoxy groups -OCH3 is 2. The van der Waals surface area contributed by atoms with Crippen LogP contribution in [0.25, 0.3) is 11.6 Å². The Morgan fingerprint density at radius 1 is 0.972 bits per heavy atom. The van der Waals surface area contributed by atoms with Gasteiger partial charge in [-0.1, -0.05) is 54.1 Å². The van der Waals surface area contributed by atoms with Gasteiger partial charge in [0.25, 0.3) is 0 Å². The van der Waals surface area contributed by atoms with E-state index >= 15 is 0 Å². The van der Waals surface area contributed by atoms with Gasteiger partial charge in [0.15, 0.2) is 11.5 Å². The van der Waals surface area contributed by atoms with Crippen LogP contribution < -0.4 is 19.5 Å². The summed E-state index contributed by atoms with van der Waals surface area (Å²) in [5.41, 5.74) is 1.73. The van der Waals surface area contributed by atoms with Gasteiger partial charge in [0.05, 0.1) is 19.8 Å². The zero-order valence-electron chi connectivity index (χ0n) is 20.3. The Balaban J connectivity index is 1.46. The first-order chi connectivity index (χ1) is 17.5. The van der Waals surface area contributed by atoms with Crippen molar-refractivity contribution in [3.63, 3.8) is 0 Å². The Kier molecular flexibility index (Phi) is 10.6. The fraction of sp³-hybridized carbons (Fsp3) is 0.250. The minimum absolute atomic E-state index is 0.128. The van der Waals surface area contributed by atoms with E-state index < -0.39 is 12.1 Å². The molecular weight excluding hydrogens is 482 g/mol. The van der Waals surface area contributed by atoms with Gasteiger partial charge in [0.2, 0.25) is 0 Å². The number of nitrogens with one attached hydrogen (secondary N) is 1. The number of hydrogen-bond acceptors (Lipinski definition) is 7. The summed E-state index contributed by atoms with van der Waals surface area (Å²) in [7, 11) is 2.93. The molecule has 36 heavy (non-hydrogen) atoms. The minimum Gasteiger partial charge on any atom is -0.493 e. The summed E-state index contributed by atoms with van der Waals surface area (Å²) >= 11 is 6.27. The predicted octanol–water partition coefficient (Wildman–Crippen LogP) is 4.47. The van der Waals surface area contributed by atoms with Crippen molar-refractivity contribution in [3.05, 3.63) is 88.9 Å². The molecule has 0 radical (unpaired) electrons. The quantitative estimate of drug-likeness (QED) is 0.151. The van der Waals surface area contributed by atoms with Crippen molar-refractivity contribution in [2.45, 2.75) is 6.10 Å². The molecule has 0 saturated heterocycles. The average Bonchev–Trinajstić information content (AvgIpc) is 2.91. The SMILES string of the molecule is COC(=O)C(=Cc1ccc(OCC(O)CNCCOc2ccccc2OC)cc1)c1ccccc1Cl. The topological polar surface area (TPSA) is 86.3 Å². The highest BCUT2D eigenvalue weighted by Crippen LogP contribution is 2.27. The number of rotatable bonds is 13. The molecule has 3 aromatic carbocycles. The van der Waals surface area contributed by atoms with Crippen molar-refractivity contribution in [1.82, 2.24) is 5.32 Å². The second-order valence-electron chi connectivity index (χ2n) is 7.77. The molecule has 1 atom stereocenters. The number of ether oxygens (including phenoxy) is 4. The van der Waals surface area contributed by atoms with Gasteiger partial charge < -0.3 is 29.4 Å². The molecule has 1 unspecified atom stereocenters. The molecule has 8 heteroatoms. The first-order valence-electron chi connectivity index (χ1n) is 11.4. The highest BCUT2D eigenvalue weighted by Gasteiger charge is 2.15. The van der Waals surface area contributed by atoms with Crippen molar-refractivity contribution in [1.29, 1.82) is 0 Å². The third-order valence-corrected chi connectivity index (χ3v) is 5.52. The molecule has 0 fully saturated rings. The maximum absolute atomic E-state index is 12.3. The lowest BCUT2D eigenvalue weighted by Gasteiger charge is -2.14. The third-order valence-electron chi connectivity index (χ3n) is 5.19. The van der Waals surface area contributed by atoms with E-state index in [0.717, 1.165) is 5.56 Å². The number of benzene rings is 3. The van der Waals surface area contributed by atoms with E-state index in [1.54, 1.807) is 43.5 Å². The normalized spacial score (nSPS) is 12.1. The molecule has 190 valence electrons.